The predicted molar refractivity (Wildman–Crippen MR) is 57.6 cm³/mol. The van der Waals surface area contributed by atoms with Gasteiger partial charge in [0.1, 0.15) is 5.75 Å². The van der Waals surface area contributed by atoms with E-state index in [1.807, 2.05) is 6.92 Å². The molecular weight excluding hydrogens is 223 g/mol. The second-order valence-corrected chi connectivity index (χ2v) is 3.54. The molecule has 0 spiro atoms. The summed E-state index contributed by atoms with van der Waals surface area (Å²) in [6.45, 7) is 3.82. The summed E-state index contributed by atoms with van der Waals surface area (Å²) >= 11 is 11.7. The van der Waals surface area contributed by atoms with E-state index in [-0.39, 0.29) is 10.8 Å². The number of benzene rings is 1. The van der Waals surface area contributed by atoms with Crippen molar-refractivity contribution in [3.63, 3.8) is 0 Å². The van der Waals surface area contributed by atoms with E-state index in [9.17, 15) is 4.79 Å². The minimum absolute atomic E-state index is 0.126. The van der Waals surface area contributed by atoms with Crippen LogP contribution in [-0.4, -0.2) is 12.4 Å². The summed E-state index contributed by atoms with van der Waals surface area (Å²) in [6, 6.07) is 3.19. The van der Waals surface area contributed by atoms with Crippen molar-refractivity contribution in [1.82, 2.24) is 0 Å². The van der Waals surface area contributed by atoms with Crippen LogP contribution < -0.4 is 4.74 Å². The maximum atomic E-state index is 11.2. The van der Waals surface area contributed by atoms with Crippen LogP contribution in [0.3, 0.4) is 0 Å². The summed E-state index contributed by atoms with van der Waals surface area (Å²) < 4.78 is 5.24. The average Bonchev–Trinajstić information content (AvgIpc) is 2.11. The Bertz CT molecular complexity index is 361. The molecule has 0 radical (unpaired) electrons. The van der Waals surface area contributed by atoms with E-state index in [0.717, 1.165) is 0 Å². The SMILES string of the molecule is CCOc1cc(Cl)c(Cl)c(C(C)=O)c1. The first-order valence-corrected chi connectivity index (χ1v) is 4.94. The van der Waals surface area contributed by atoms with Crippen LogP contribution in [0.15, 0.2) is 12.1 Å². The molecule has 0 saturated carbocycles. The first-order valence-electron chi connectivity index (χ1n) is 4.19. The van der Waals surface area contributed by atoms with Gasteiger partial charge in [0.25, 0.3) is 0 Å². The summed E-state index contributed by atoms with van der Waals surface area (Å²) in [7, 11) is 0. The Morgan fingerprint density at radius 1 is 1.43 bits per heavy atom. The highest BCUT2D eigenvalue weighted by atomic mass is 35.5. The zero-order chi connectivity index (χ0) is 10.7. The van der Waals surface area contributed by atoms with Crippen LogP contribution in [0.1, 0.15) is 24.2 Å². The number of ether oxygens (including phenoxy) is 1. The first-order chi connectivity index (χ1) is 6.56. The Morgan fingerprint density at radius 2 is 2.07 bits per heavy atom. The Balaban J connectivity index is 3.21. The van der Waals surface area contributed by atoms with Crippen molar-refractivity contribution in [3.05, 3.63) is 27.7 Å². The summed E-state index contributed by atoms with van der Waals surface area (Å²) in [6.07, 6.45) is 0. The molecule has 0 aliphatic rings. The summed E-state index contributed by atoms with van der Waals surface area (Å²) in [4.78, 5) is 11.2. The van der Waals surface area contributed by atoms with Crippen molar-refractivity contribution in [3.8, 4) is 5.75 Å². The van der Waals surface area contributed by atoms with Gasteiger partial charge in [0.15, 0.2) is 5.78 Å². The molecule has 0 heterocycles. The van der Waals surface area contributed by atoms with Gasteiger partial charge < -0.3 is 4.74 Å². The predicted octanol–water partition coefficient (Wildman–Crippen LogP) is 3.59. The van der Waals surface area contributed by atoms with Gasteiger partial charge in [-0.05, 0) is 19.9 Å². The van der Waals surface area contributed by atoms with Crippen molar-refractivity contribution in [2.24, 2.45) is 0 Å². The Kier molecular flexibility index (Phi) is 3.78. The molecule has 0 saturated heterocycles. The molecule has 0 aromatic heterocycles. The van der Waals surface area contributed by atoms with Gasteiger partial charge in [-0.25, -0.2) is 0 Å². The first kappa shape index (κ1) is 11.3. The molecule has 2 nitrogen and oxygen atoms in total. The molecule has 0 aliphatic heterocycles. The molecule has 0 amide bonds. The molecule has 14 heavy (non-hydrogen) atoms. The van der Waals surface area contributed by atoms with E-state index in [0.29, 0.717) is 22.9 Å². The highest BCUT2D eigenvalue weighted by molar-refractivity contribution is 6.44. The Morgan fingerprint density at radius 3 is 2.57 bits per heavy atom. The van der Waals surface area contributed by atoms with Crippen LogP contribution in [0.25, 0.3) is 0 Å². The van der Waals surface area contributed by atoms with Crippen LogP contribution >= 0.6 is 23.2 Å². The fraction of sp³-hybridized carbons (Fsp3) is 0.300. The molecule has 0 aliphatic carbocycles. The van der Waals surface area contributed by atoms with Gasteiger partial charge in [-0.2, -0.15) is 0 Å². The second kappa shape index (κ2) is 4.67. The number of carbonyl (C=O) groups excluding carboxylic acids is 1. The molecule has 0 unspecified atom stereocenters. The molecule has 0 atom stereocenters. The summed E-state index contributed by atoms with van der Waals surface area (Å²) in [5, 5.41) is 0.616. The van der Waals surface area contributed by atoms with E-state index in [1.54, 1.807) is 12.1 Å². The molecule has 1 aromatic carbocycles. The number of hydrogen-bond donors (Lipinski definition) is 0. The van der Waals surface area contributed by atoms with Crippen molar-refractivity contribution in [1.29, 1.82) is 0 Å². The normalized spacial score (nSPS) is 10.0. The van der Waals surface area contributed by atoms with Gasteiger partial charge in [-0.15, -0.1) is 0 Å². The Labute approximate surface area is 92.8 Å². The fourth-order valence-corrected chi connectivity index (χ4v) is 1.52. The third kappa shape index (κ3) is 2.40. The van der Waals surface area contributed by atoms with Crippen molar-refractivity contribution < 1.29 is 9.53 Å². The highest BCUT2D eigenvalue weighted by Crippen LogP contribution is 2.31. The smallest absolute Gasteiger partial charge is 0.161 e. The van der Waals surface area contributed by atoms with E-state index >= 15 is 0 Å². The van der Waals surface area contributed by atoms with Gasteiger partial charge in [0.2, 0.25) is 0 Å². The molecule has 0 fully saturated rings. The lowest BCUT2D eigenvalue weighted by Gasteiger charge is -2.07. The van der Waals surface area contributed by atoms with Crippen LogP contribution in [0.2, 0.25) is 10.0 Å². The lowest BCUT2D eigenvalue weighted by molar-refractivity contribution is 0.101. The van der Waals surface area contributed by atoms with Crippen LogP contribution in [0.5, 0.6) is 5.75 Å². The number of halogens is 2. The number of Topliss-reactive ketones (excluding diaryl/α,β-unsaturated/α-hetero) is 1. The zero-order valence-electron chi connectivity index (χ0n) is 7.93. The topological polar surface area (TPSA) is 26.3 Å². The van der Waals surface area contributed by atoms with Crippen LogP contribution in [-0.2, 0) is 0 Å². The lowest BCUT2D eigenvalue weighted by Crippen LogP contribution is -1.97. The van der Waals surface area contributed by atoms with E-state index in [4.69, 9.17) is 27.9 Å². The molecule has 4 heteroatoms. The Hall–Kier alpha value is -0.730. The number of hydrogen-bond acceptors (Lipinski definition) is 2. The van der Waals surface area contributed by atoms with Crippen LogP contribution in [0, 0.1) is 0 Å². The minimum Gasteiger partial charge on any atom is -0.494 e. The van der Waals surface area contributed by atoms with Crippen LogP contribution in [0.4, 0.5) is 0 Å². The van der Waals surface area contributed by atoms with Gasteiger partial charge in [0.05, 0.1) is 16.7 Å². The summed E-state index contributed by atoms with van der Waals surface area (Å²) in [5.74, 6) is 0.436. The largest absolute Gasteiger partial charge is 0.494 e. The van der Waals surface area contributed by atoms with Gasteiger partial charge in [0, 0.05) is 11.6 Å². The van der Waals surface area contributed by atoms with E-state index in [2.05, 4.69) is 0 Å². The number of ketones is 1. The standard InChI is InChI=1S/C10H10Cl2O2/c1-3-14-7-4-8(6(2)13)10(12)9(11)5-7/h4-5H,3H2,1-2H3. The second-order valence-electron chi connectivity index (χ2n) is 2.76. The molecule has 76 valence electrons. The van der Waals surface area contributed by atoms with E-state index < -0.39 is 0 Å². The third-order valence-corrected chi connectivity index (χ3v) is 2.49. The van der Waals surface area contributed by atoms with Gasteiger partial charge >= 0.3 is 0 Å². The highest BCUT2D eigenvalue weighted by Gasteiger charge is 2.11. The third-order valence-electron chi connectivity index (χ3n) is 1.69. The fourth-order valence-electron chi connectivity index (χ4n) is 1.07. The van der Waals surface area contributed by atoms with Gasteiger partial charge in [-0.3, -0.25) is 4.79 Å². The molecule has 1 aromatic rings. The quantitative estimate of drug-likeness (QED) is 0.745. The zero-order valence-corrected chi connectivity index (χ0v) is 9.45. The lowest BCUT2D eigenvalue weighted by atomic mass is 10.1. The monoisotopic (exact) mass is 232 g/mol. The number of carbonyl (C=O) groups is 1. The van der Waals surface area contributed by atoms with Crippen molar-refractivity contribution >= 4 is 29.0 Å². The van der Waals surface area contributed by atoms with Crippen molar-refractivity contribution in [2.45, 2.75) is 13.8 Å². The molecular formula is C10H10Cl2O2. The van der Waals surface area contributed by atoms with E-state index in [1.165, 1.54) is 6.92 Å². The molecule has 0 bridgehead atoms. The average molecular weight is 233 g/mol. The van der Waals surface area contributed by atoms with Gasteiger partial charge in [-0.1, -0.05) is 23.2 Å². The van der Waals surface area contributed by atoms with Crippen molar-refractivity contribution in [2.75, 3.05) is 6.61 Å². The number of rotatable bonds is 3. The molecule has 1 rings (SSSR count). The maximum absolute atomic E-state index is 11.2. The summed E-state index contributed by atoms with van der Waals surface area (Å²) in [5.41, 5.74) is 0.391. The maximum Gasteiger partial charge on any atom is 0.161 e. The molecule has 0 N–H and O–H groups in total. The minimum atomic E-state index is -0.126.